The minimum Gasteiger partial charge on any atom is -0.319 e. The van der Waals surface area contributed by atoms with E-state index in [9.17, 15) is 4.79 Å². The summed E-state index contributed by atoms with van der Waals surface area (Å²) in [6, 6.07) is 7.31. The van der Waals surface area contributed by atoms with Crippen molar-refractivity contribution in [2.45, 2.75) is 40.0 Å². The molecule has 0 saturated heterocycles. The van der Waals surface area contributed by atoms with Crippen LogP contribution in [0.25, 0.3) is 0 Å². The average molecular weight is 284 g/mol. The first kappa shape index (κ1) is 18.1. The Balaban J connectivity index is 0.000000341. The Morgan fingerprint density at radius 3 is 2.11 bits per heavy atom. The maximum atomic E-state index is 10.7. The van der Waals surface area contributed by atoms with Gasteiger partial charge in [0.1, 0.15) is 5.78 Å². The van der Waals surface area contributed by atoms with Crippen molar-refractivity contribution in [1.29, 1.82) is 0 Å². The van der Waals surface area contributed by atoms with Crippen molar-refractivity contribution in [3.05, 3.63) is 34.9 Å². The first-order chi connectivity index (χ1) is 9.11. The van der Waals surface area contributed by atoms with E-state index in [0.29, 0.717) is 11.4 Å². The number of hydrogen-bond donors (Lipinski definition) is 1. The van der Waals surface area contributed by atoms with Crippen LogP contribution in [-0.2, 0) is 11.2 Å². The van der Waals surface area contributed by atoms with Crippen LogP contribution in [0.15, 0.2) is 24.3 Å². The summed E-state index contributed by atoms with van der Waals surface area (Å²) in [4.78, 5) is 10.7. The van der Waals surface area contributed by atoms with Crippen molar-refractivity contribution < 1.29 is 4.79 Å². The van der Waals surface area contributed by atoms with E-state index >= 15 is 0 Å². The molecule has 0 aromatic heterocycles. The van der Waals surface area contributed by atoms with E-state index in [1.165, 1.54) is 19.4 Å². The molecule has 108 valence electrons. The van der Waals surface area contributed by atoms with Gasteiger partial charge in [0, 0.05) is 11.4 Å². The predicted octanol–water partition coefficient (Wildman–Crippen LogP) is 4.11. The largest absolute Gasteiger partial charge is 0.319 e. The molecule has 0 amide bonds. The lowest BCUT2D eigenvalue weighted by atomic mass is 10.1. The van der Waals surface area contributed by atoms with Crippen molar-refractivity contribution in [2.75, 3.05) is 13.6 Å². The van der Waals surface area contributed by atoms with Crippen molar-refractivity contribution in [3.63, 3.8) is 0 Å². The zero-order chi connectivity index (χ0) is 14.7. The summed E-state index contributed by atoms with van der Waals surface area (Å²) < 4.78 is 0. The molecule has 2 nitrogen and oxygen atoms in total. The number of rotatable bonds is 4. The molecule has 1 N–H and O–H groups in total. The molecule has 0 spiro atoms. The number of carbonyl (C=O) groups is 1. The Bertz CT molecular complexity index is 344. The highest BCUT2D eigenvalue weighted by Gasteiger charge is 2.19. The average Bonchev–Trinajstić information content (AvgIpc) is 3.20. The van der Waals surface area contributed by atoms with Gasteiger partial charge in [0.15, 0.2) is 0 Å². The summed E-state index contributed by atoms with van der Waals surface area (Å²) in [6.07, 6.45) is 3.42. The minimum absolute atomic E-state index is 0.173. The molecule has 0 heterocycles. The molecule has 0 bridgehead atoms. The molecule has 3 heteroatoms. The first-order valence-electron chi connectivity index (χ1n) is 7.00. The molecular formula is C16H26ClNO. The van der Waals surface area contributed by atoms with Gasteiger partial charge in [0.2, 0.25) is 0 Å². The fourth-order valence-electron chi connectivity index (χ4n) is 1.50. The zero-order valence-corrected chi connectivity index (χ0v) is 13.3. The SMILES string of the molecule is CC.CC(=O)Cc1ccc(Cl)cc1.CNCC1CC1. The first-order valence-corrected chi connectivity index (χ1v) is 7.38. The van der Waals surface area contributed by atoms with E-state index in [2.05, 4.69) is 5.32 Å². The molecule has 1 saturated carbocycles. The molecule has 1 aromatic rings. The molecule has 0 aliphatic heterocycles. The third-order valence-electron chi connectivity index (χ3n) is 2.56. The third kappa shape index (κ3) is 10.7. The lowest BCUT2D eigenvalue weighted by Crippen LogP contribution is -2.08. The second kappa shape index (κ2) is 11.0. The number of hydrogen-bond acceptors (Lipinski definition) is 2. The maximum Gasteiger partial charge on any atom is 0.134 e. The minimum atomic E-state index is 0.173. The number of carbonyl (C=O) groups excluding carboxylic acids is 1. The van der Waals surface area contributed by atoms with E-state index in [1.54, 1.807) is 19.1 Å². The summed E-state index contributed by atoms with van der Waals surface area (Å²) in [7, 11) is 2.01. The smallest absolute Gasteiger partial charge is 0.134 e. The summed E-state index contributed by atoms with van der Waals surface area (Å²) >= 11 is 5.66. The van der Waals surface area contributed by atoms with Crippen LogP contribution in [0, 0.1) is 5.92 Å². The molecule has 1 aromatic carbocycles. The van der Waals surface area contributed by atoms with E-state index in [-0.39, 0.29) is 5.78 Å². The molecule has 0 unspecified atom stereocenters. The highest BCUT2D eigenvalue weighted by atomic mass is 35.5. The highest BCUT2D eigenvalue weighted by Crippen LogP contribution is 2.27. The fraction of sp³-hybridized carbons (Fsp3) is 0.562. The summed E-state index contributed by atoms with van der Waals surface area (Å²) in [5.74, 6) is 1.21. The standard InChI is InChI=1S/C9H9ClO.C5H11N.C2H6/c1-7(11)6-8-2-4-9(10)5-3-8;1-6-4-5-2-3-5;1-2/h2-5H,6H2,1H3;5-6H,2-4H2,1H3;1-2H3. The van der Waals surface area contributed by atoms with Crippen LogP contribution >= 0.6 is 11.6 Å². The lowest BCUT2D eigenvalue weighted by Gasteiger charge is -1.95. The van der Waals surface area contributed by atoms with Crippen molar-refractivity contribution in [1.82, 2.24) is 5.32 Å². The topological polar surface area (TPSA) is 29.1 Å². The predicted molar refractivity (Wildman–Crippen MR) is 83.8 cm³/mol. The van der Waals surface area contributed by atoms with Gasteiger partial charge >= 0.3 is 0 Å². The molecule has 0 radical (unpaired) electrons. The Morgan fingerprint density at radius 1 is 1.26 bits per heavy atom. The molecule has 1 aliphatic rings. The van der Waals surface area contributed by atoms with Crippen LogP contribution in [-0.4, -0.2) is 19.4 Å². The van der Waals surface area contributed by atoms with Crippen LogP contribution in [0.2, 0.25) is 5.02 Å². The van der Waals surface area contributed by atoms with Gasteiger partial charge in [-0.3, -0.25) is 4.79 Å². The summed E-state index contributed by atoms with van der Waals surface area (Å²) in [5, 5.41) is 3.84. The highest BCUT2D eigenvalue weighted by molar-refractivity contribution is 6.30. The Hall–Kier alpha value is -0.860. The van der Waals surface area contributed by atoms with Gasteiger partial charge in [-0.1, -0.05) is 37.6 Å². The van der Waals surface area contributed by atoms with Gasteiger partial charge in [-0.25, -0.2) is 0 Å². The molecule has 19 heavy (non-hydrogen) atoms. The Labute approximate surface area is 122 Å². The van der Waals surface area contributed by atoms with Crippen molar-refractivity contribution >= 4 is 17.4 Å². The fourth-order valence-corrected chi connectivity index (χ4v) is 1.63. The van der Waals surface area contributed by atoms with Gasteiger partial charge in [-0.05, 0) is 57.0 Å². The van der Waals surface area contributed by atoms with Crippen LogP contribution < -0.4 is 5.32 Å². The molecular weight excluding hydrogens is 258 g/mol. The lowest BCUT2D eigenvalue weighted by molar-refractivity contribution is -0.116. The maximum absolute atomic E-state index is 10.7. The quantitative estimate of drug-likeness (QED) is 0.901. The van der Waals surface area contributed by atoms with Crippen LogP contribution in [0.1, 0.15) is 39.2 Å². The summed E-state index contributed by atoms with van der Waals surface area (Å²) in [5.41, 5.74) is 1.02. The number of ketones is 1. The van der Waals surface area contributed by atoms with Gasteiger partial charge < -0.3 is 5.32 Å². The van der Waals surface area contributed by atoms with E-state index in [1.807, 2.05) is 33.0 Å². The number of Topliss-reactive ketones (excluding diaryl/α,β-unsaturated/α-hetero) is 1. The molecule has 2 rings (SSSR count). The molecule has 1 aliphatic carbocycles. The third-order valence-corrected chi connectivity index (χ3v) is 2.81. The van der Waals surface area contributed by atoms with E-state index in [4.69, 9.17) is 11.6 Å². The Kier molecular flexibility index (Phi) is 10.5. The van der Waals surface area contributed by atoms with Crippen molar-refractivity contribution in [2.24, 2.45) is 5.92 Å². The normalized spacial score (nSPS) is 12.7. The second-order valence-corrected chi connectivity index (χ2v) is 4.94. The zero-order valence-electron chi connectivity index (χ0n) is 12.5. The van der Waals surface area contributed by atoms with Gasteiger partial charge in [0.25, 0.3) is 0 Å². The van der Waals surface area contributed by atoms with Gasteiger partial charge in [-0.15, -0.1) is 0 Å². The van der Waals surface area contributed by atoms with Gasteiger partial charge in [-0.2, -0.15) is 0 Å². The van der Waals surface area contributed by atoms with Crippen LogP contribution in [0.5, 0.6) is 0 Å². The second-order valence-electron chi connectivity index (χ2n) is 4.51. The monoisotopic (exact) mass is 283 g/mol. The van der Waals surface area contributed by atoms with Crippen LogP contribution in [0.4, 0.5) is 0 Å². The van der Waals surface area contributed by atoms with Crippen LogP contribution in [0.3, 0.4) is 0 Å². The number of benzene rings is 1. The van der Waals surface area contributed by atoms with E-state index < -0.39 is 0 Å². The molecule has 1 fully saturated rings. The molecule has 0 atom stereocenters. The van der Waals surface area contributed by atoms with Gasteiger partial charge in [0.05, 0.1) is 0 Å². The number of nitrogens with one attached hydrogen (secondary N) is 1. The van der Waals surface area contributed by atoms with Crippen molar-refractivity contribution in [3.8, 4) is 0 Å². The summed E-state index contributed by atoms with van der Waals surface area (Å²) in [6.45, 7) is 6.81. The van der Waals surface area contributed by atoms with E-state index in [0.717, 1.165) is 11.5 Å². The number of halogens is 1. The Morgan fingerprint density at radius 2 is 1.79 bits per heavy atom.